The number of nitriles is 2. The molecule has 11 N–H and O–H groups in total. The molecule has 0 radical (unpaired) electrons. The number of hydrogen-bond acceptors (Lipinski definition) is 33. The number of carbonyl (C=O) groups is 5. The minimum Gasteiger partial charge on any atom is -0.481 e. The fraction of sp³-hybridized carbons (Fsp3) is 0.0862. The molecular formula is C58H54N27NaO9. The van der Waals surface area contributed by atoms with Crippen LogP contribution in [0.15, 0.2) is 197 Å². The molecule has 0 aliphatic carbocycles. The SMILES string of the molecule is CC(=O)Nc1ccc(-c2nnc(-c3ccccn3)nn2)nc1.CC(=O)Nc1ccc(C2=NNC(c3ccccn3)=NN2)nc1.CC(=O)O.CC(=O)OC(C)=O.N#Cc1ccc(N)cn1.N#Cc1ccccn1.Nc1ccc(C2=NNC(c3ccccn3)=NN2)nc1.O=N[O-].[Na+]. The fourth-order valence-electron chi connectivity index (χ4n) is 6.19. The number of anilines is 4. The molecule has 0 saturated carbocycles. The summed E-state index contributed by atoms with van der Waals surface area (Å²) in [7, 11) is 0. The van der Waals surface area contributed by atoms with E-state index in [0.29, 0.717) is 103 Å². The van der Waals surface area contributed by atoms with E-state index in [1.807, 2.05) is 54.6 Å². The van der Waals surface area contributed by atoms with Gasteiger partial charge in [-0.15, -0.1) is 25.7 Å². The Morgan fingerprint density at radius 3 is 1.04 bits per heavy atom. The molecule has 0 aromatic carbocycles. The summed E-state index contributed by atoms with van der Waals surface area (Å²) in [5.41, 5.74) is 29.3. The van der Waals surface area contributed by atoms with Gasteiger partial charge < -0.3 is 42.1 Å². The van der Waals surface area contributed by atoms with Gasteiger partial charge in [0.2, 0.25) is 23.5 Å². The Bertz CT molecular complexity index is 4080. The number of carboxylic acids is 1. The van der Waals surface area contributed by atoms with Crippen LogP contribution in [0.5, 0.6) is 0 Å². The van der Waals surface area contributed by atoms with E-state index in [4.69, 9.17) is 42.0 Å². The average Bonchev–Trinajstić information content (AvgIpc) is 0.914. The topological polar surface area (TPSA) is 543 Å². The molecule has 0 atom stereocenters. The summed E-state index contributed by atoms with van der Waals surface area (Å²) in [6, 6.07) is 39.2. The first-order valence-electron chi connectivity index (χ1n) is 26.4. The number of rotatable bonds is 8. The summed E-state index contributed by atoms with van der Waals surface area (Å²) in [5, 5.41) is 70.9. The first-order valence-corrected chi connectivity index (χ1v) is 26.4. The maximum atomic E-state index is 11.0. The number of aromatic nitrogens is 12. The molecular weight excluding hydrogens is 1240 g/mol. The van der Waals surface area contributed by atoms with Crippen molar-refractivity contribution >= 4 is 75.8 Å². The summed E-state index contributed by atoms with van der Waals surface area (Å²) in [4.78, 5) is 91.0. The Labute approximate surface area is 561 Å². The number of hydrazone groups is 4. The number of carbonyl (C=O) groups excluding carboxylic acids is 4. The van der Waals surface area contributed by atoms with Crippen LogP contribution in [-0.4, -0.2) is 118 Å². The van der Waals surface area contributed by atoms with Crippen LogP contribution in [0.3, 0.4) is 0 Å². The van der Waals surface area contributed by atoms with Crippen molar-refractivity contribution in [1.82, 2.24) is 82.0 Å². The van der Waals surface area contributed by atoms with E-state index in [0.717, 1.165) is 12.3 Å². The van der Waals surface area contributed by atoms with Gasteiger partial charge in [-0.1, -0.05) is 24.3 Å². The van der Waals surface area contributed by atoms with Gasteiger partial charge in [0.15, 0.2) is 23.3 Å². The number of nitrogens with zero attached hydrogens (tertiary/aromatic N) is 19. The number of nitrogens with one attached hydrogen (secondary N) is 6. The molecule has 11 rings (SSSR count). The van der Waals surface area contributed by atoms with Gasteiger partial charge in [0.05, 0.1) is 47.5 Å². The van der Waals surface area contributed by atoms with Crippen LogP contribution in [0.2, 0.25) is 0 Å². The second-order valence-electron chi connectivity index (χ2n) is 17.3. The molecule has 9 aromatic rings. The van der Waals surface area contributed by atoms with Crippen molar-refractivity contribution in [2.45, 2.75) is 34.6 Å². The van der Waals surface area contributed by atoms with Gasteiger partial charge in [-0.05, 0) is 97.1 Å². The number of hydrogen-bond donors (Lipinski definition) is 9. The quantitative estimate of drug-likeness (QED) is 0.0339. The van der Waals surface area contributed by atoms with Gasteiger partial charge >= 0.3 is 41.5 Å². The van der Waals surface area contributed by atoms with E-state index in [9.17, 15) is 19.2 Å². The molecule has 0 unspecified atom stereocenters. The van der Waals surface area contributed by atoms with Crippen LogP contribution in [0.1, 0.15) is 68.8 Å². The third kappa shape index (κ3) is 30.1. The maximum absolute atomic E-state index is 11.0. The maximum Gasteiger partial charge on any atom is 1.00 e. The number of carboxylic acid groups (broad SMARTS) is 1. The first-order chi connectivity index (χ1) is 45.3. The van der Waals surface area contributed by atoms with Crippen LogP contribution in [0, 0.1) is 32.8 Å². The van der Waals surface area contributed by atoms with Gasteiger partial charge in [0.1, 0.15) is 57.7 Å². The van der Waals surface area contributed by atoms with Crippen molar-refractivity contribution in [3.63, 3.8) is 0 Å². The van der Waals surface area contributed by atoms with Crippen LogP contribution < -0.4 is 73.4 Å². The average molecular weight is 1300 g/mol. The third-order valence-electron chi connectivity index (χ3n) is 9.92. The van der Waals surface area contributed by atoms with E-state index in [-0.39, 0.29) is 41.4 Å². The van der Waals surface area contributed by atoms with E-state index < -0.39 is 17.9 Å². The van der Waals surface area contributed by atoms with Gasteiger partial charge in [0, 0.05) is 59.4 Å². The van der Waals surface area contributed by atoms with Gasteiger partial charge in [-0.2, -0.15) is 30.9 Å². The largest absolute Gasteiger partial charge is 1.00 e. The zero-order chi connectivity index (χ0) is 68.5. The number of nitrogen functional groups attached to an aromatic ring is 2. The van der Waals surface area contributed by atoms with Gasteiger partial charge in [-0.25, -0.2) is 9.97 Å². The first kappa shape index (κ1) is 75.8. The van der Waals surface area contributed by atoms with Crippen molar-refractivity contribution in [2.24, 2.45) is 25.7 Å². The fourth-order valence-corrected chi connectivity index (χ4v) is 6.19. The Morgan fingerprint density at radius 1 is 0.463 bits per heavy atom. The van der Waals surface area contributed by atoms with Crippen molar-refractivity contribution in [3.05, 3.63) is 215 Å². The molecule has 0 bridgehead atoms. The van der Waals surface area contributed by atoms with E-state index in [1.54, 1.807) is 116 Å². The summed E-state index contributed by atoms with van der Waals surface area (Å²) in [5.74, 6) is 0.476. The monoisotopic (exact) mass is 1300 g/mol. The van der Waals surface area contributed by atoms with Gasteiger partial charge in [-0.3, -0.25) is 75.6 Å². The van der Waals surface area contributed by atoms with Crippen molar-refractivity contribution in [2.75, 3.05) is 22.1 Å². The molecule has 0 spiro atoms. The summed E-state index contributed by atoms with van der Waals surface area (Å²) < 4.78 is 3.97. The number of ether oxygens (including phenoxy) is 1. The number of amidine groups is 4. The predicted molar refractivity (Wildman–Crippen MR) is 340 cm³/mol. The Balaban J connectivity index is 0.000000304. The van der Waals surface area contributed by atoms with Gasteiger partial charge in [0.25, 0.3) is 5.97 Å². The summed E-state index contributed by atoms with van der Waals surface area (Å²) in [6.07, 6.45) is 12.7. The molecule has 476 valence electrons. The number of amides is 2. The van der Waals surface area contributed by atoms with Crippen LogP contribution in [-0.2, 0) is 28.7 Å². The van der Waals surface area contributed by atoms with Crippen LogP contribution >= 0.6 is 0 Å². The number of pyridine rings is 8. The molecule has 0 saturated heterocycles. The van der Waals surface area contributed by atoms with Crippen molar-refractivity contribution in [1.29, 1.82) is 10.5 Å². The predicted octanol–water partition coefficient (Wildman–Crippen LogP) is 1.21. The molecule has 11 heterocycles. The summed E-state index contributed by atoms with van der Waals surface area (Å²) >= 11 is 0. The number of aliphatic carboxylic acids is 1. The molecule has 9 aromatic heterocycles. The minimum absolute atomic E-state index is 0. The van der Waals surface area contributed by atoms with Crippen molar-refractivity contribution in [3.8, 4) is 35.2 Å². The number of esters is 2. The molecule has 2 aliphatic rings. The molecule has 0 fully saturated rings. The summed E-state index contributed by atoms with van der Waals surface area (Å²) in [6.45, 7) is 6.32. The standard InChI is InChI=1S/C14H13N7O.C14H11N7O.C12H11N7.C6H5N3.C6H4N2.C4H6O3.C2H4O2.HNO2.Na/c2*1-9(22)17-10-5-6-12(16-8-10)14-20-18-13(19-21-14)11-4-2-3-7-15-11;13-8-4-5-10(15-7-8)12-18-16-11(17-19-12)9-3-1-2-6-14-9;7-3-6-2-1-5(8)4-9-6;7-5-6-3-1-2-4-8-6;1-3(5)7-4(2)6;1-2(3)4;2-1-3;/h2-8H,1H3,(H,17,22)(H,18,19)(H,20,21);2-8H,1H3,(H,17,22);1-7H,13H2,(H,16,17)(H,18,19);1-2,4H,8H2;1-4H;1-2H3;1H3,(H,3,4);(H,2,3);/q;;;;;;;;+1/p-1. The normalized spacial score (nSPS) is 10.6. The molecule has 36 nitrogen and oxygen atoms in total. The smallest absolute Gasteiger partial charge is 0.481 e. The Kier molecular flexibility index (Phi) is 33.9. The third-order valence-corrected chi connectivity index (χ3v) is 9.92. The minimum atomic E-state index is -0.833. The van der Waals surface area contributed by atoms with E-state index in [1.165, 1.54) is 40.1 Å². The molecule has 37 heteroatoms. The second-order valence-corrected chi connectivity index (χ2v) is 17.3. The molecule has 95 heavy (non-hydrogen) atoms. The zero-order valence-electron chi connectivity index (χ0n) is 51.0. The second kappa shape index (κ2) is 42.5. The van der Waals surface area contributed by atoms with Crippen LogP contribution in [0.25, 0.3) is 23.0 Å². The molecule has 2 aliphatic heterocycles. The zero-order valence-corrected chi connectivity index (χ0v) is 53.0. The number of nitrogens with two attached hydrogens (primary N) is 2. The Hall–Kier alpha value is -13.5. The van der Waals surface area contributed by atoms with Crippen LogP contribution in [0.4, 0.5) is 22.7 Å². The van der Waals surface area contributed by atoms with Crippen molar-refractivity contribution < 1.29 is 63.4 Å². The molecule has 2 amide bonds. The van der Waals surface area contributed by atoms with E-state index >= 15 is 0 Å². The van der Waals surface area contributed by atoms with E-state index in [2.05, 4.69) is 118 Å². The Morgan fingerprint density at radius 2 is 0.779 bits per heavy atom.